The van der Waals surface area contributed by atoms with Gasteiger partial charge in [-0.1, -0.05) is 30.3 Å². The molecule has 1 unspecified atom stereocenters. The zero-order chi connectivity index (χ0) is 23.6. The van der Waals surface area contributed by atoms with E-state index in [0.717, 1.165) is 11.1 Å². The number of hydrogen-bond acceptors (Lipinski definition) is 7. The van der Waals surface area contributed by atoms with Gasteiger partial charge in [-0.3, -0.25) is 4.79 Å². The summed E-state index contributed by atoms with van der Waals surface area (Å²) in [7, 11) is -6.97. The fourth-order valence-corrected chi connectivity index (χ4v) is 7.14. The number of esters is 1. The minimum absolute atomic E-state index is 0.00438. The Labute approximate surface area is 192 Å². The van der Waals surface area contributed by atoms with Gasteiger partial charge in [0.25, 0.3) is 5.91 Å². The van der Waals surface area contributed by atoms with Crippen LogP contribution >= 0.6 is 0 Å². The van der Waals surface area contributed by atoms with Crippen molar-refractivity contribution in [1.29, 1.82) is 0 Å². The zero-order valence-electron chi connectivity index (χ0n) is 17.8. The molecule has 1 amide bonds. The van der Waals surface area contributed by atoms with Crippen LogP contribution in [0.2, 0.25) is 0 Å². The molecular weight excluding hydrogens is 468 g/mol. The Morgan fingerprint density at radius 1 is 1.09 bits per heavy atom. The van der Waals surface area contributed by atoms with Gasteiger partial charge >= 0.3 is 5.97 Å². The number of rotatable bonds is 6. The smallest absolute Gasteiger partial charge is 0.338 e. The van der Waals surface area contributed by atoms with Crippen LogP contribution in [0.5, 0.6) is 0 Å². The molecule has 1 saturated heterocycles. The molecule has 1 N–H and O–H groups in total. The molecule has 0 radical (unpaired) electrons. The normalized spacial score (nSPS) is 20.1. The molecule has 1 atom stereocenters. The van der Waals surface area contributed by atoms with Crippen LogP contribution in [0.4, 0.5) is 0 Å². The molecule has 0 aliphatic carbocycles. The van der Waals surface area contributed by atoms with E-state index in [4.69, 9.17) is 4.74 Å². The van der Waals surface area contributed by atoms with Crippen molar-refractivity contribution in [2.24, 2.45) is 0 Å². The van der Waals surface area contributed by atoms with Crippen molar-refractivity contribution in [2.75, 3.05) is 24.7 Å². The molecular formula is C22H24N2O7S2. The minimum Gasteiger partial charge on any atom is -0.452 e. The first kappa shape index (κ1) is 23.4. The highest BCUT2D eigenvalue weighted by atomic mass is 32.2. The summed E-state index contributed by atoms with van der Waals surface area (Å²) < 4.78 is 55.6. The van der Waals surface area contributed by atoms with Gasteiger partial charge in [-0.05, 0) is 42.2 Å². The number of hydrogen-bond donors (Lipinski definition) is 1. The van der Waals surface area contributed by atoms with Gasteiger partial charge in [0.05, 0.1) is 22.0 Å². The fraction of sp³-hybridized carbons (Fsp3) is 0.364. The number of nitrogens with zero attached hydrogens (tertiary/aromatic N) is 1. The maximum absolute atomic E-state index is 13.1. The van der Waals surface area contributed by atoms with Gasteiger partial charge in [-0.15, -0.1) is 0 Å². The topological polar surface area (TPSA) is 127 Å². The lowest BCUT2D eigenvalue weighted by Gasteiger charge is -2.28. The zero-order valence-corrected chi connectivity index (χ0v) is 19.4. The molecule has 0 aromatic heterocycles. The van der Waals surface area contributed by atoms with Crippen molar-refractivity contribution in [3.63, 3.8) is 0 Å². The number of nitrogens with one attached hydrogen (secondary N) is 1. The monoisotopic (exact) mass is 492 g/mol. The third kappa shape index (κ3) is 5.43. The molecule has 2 aliphatic heterocycles. The molecule has 9 nitrogen and oxygen atoms in total. The molecule has 0 spiro atoms. The van der Waals surface area contributed by atoms with Crippen molar-refractivity contribution in [3.8, 4) is 0 Å². The summed E-state index contributed by atoms with van der Waals surface area (Å²) in [5.41, 5.74) is 2.07. The molecule has 2 aromatic carbocycles. The third-order valence-electron chi connectivity index (χ3n) is 5.74. The Bertz CT molecular complexity index is 1290. The largest absolute Gasteiger partial charge is 0.452 e. The maximum atomic E-state index is 13.1. The van der Waals surface area contributed by atoms with Crippen LogP contribution < -0.4 is 5.32 Å². The number of carbonyl (C=O) groups is 2. The van der Waals surface area contributed by atoms with Crippen LogP contribution in [0.3, 0.4) is 0 Å². The lowest BCUT2D eigenvalue weighted by molar-refractivity contribution is -0.124. The number of benzene rings is 2. The Morgan fingerprint density at radius 2 is 1.85 bits per heavy atom. The van der Waals surface area contributed by atoms with Crippen molar-refractivity contribution in [3.05, 3.63) is 65.2 Å². The number of carbonyl (C=O) groups excluding carboxylic acids is 2. The van der Waals surface area contributed by atoms with Crippen molar-refractivity contribution in [2.45, 2.75) is 30.3 Å². The molecule has 1 fully saturated rings. The van der Waals surface area contributed by atoms with Crippen molar-refractivity contribution < 1.29 is 31.2 Å². The Balaban J connectivity index is 1.39. The predicted octanol–water partition coefficient (Wildman–Crippen LogP) is 0.894. The first-order chi connectivity index (χ1) is 15.6. The summed E-state index contributed by atoms with van der Waals surface area (Å²) in [5, 5.41) is 2.53. The second-order valence-electron chi connectivity index (χ2n) is 8.13. The van der Waals surface area contributed by atoms with E-state index in [9.17, 15) is 26.4 Å². The van der Waals surface area contributed by atoms with Gasteiger partial charge in [0.1, 0.15) is 0 Å². The highest BCUT2D eigenvalue weighted by molar-refractivity contribution is 7.91. The SMILES string of the molecule is O=C(COC(=O)c1cccc(S(=O)(=O)N2CCc3ccccc3C2)c1)NC1CCS(=O)(=O)C1. The number of ether oxygens (including phenoxy) is 1. The molecule has 0 bridgehead atoms. The maximum Gasteiger partial charge on any atom is 0.338 e. The molecule has 4 rings (SSSR count). The first-order valence-electron chi connectivity index (χ1n) is 10.5. The molecule has 33 heavy (non-hydrogen) atoms. The van der Waals surface area contributed by atoms with E-state index in [-0.39, 0.29) is 28.5 Å². The van der Waals surface area contributed by atoms with Crippen LogP contribution in [0, 0.1) is 0 Å². The fourth-order valence-electron chi connectivity index (χ4n) is 4.00. The van der Waals surface area contributed by atoms with E-state index >= 15 is 0 Å². The van der Waals surface area contributed by atoms with Crippen LogP contribution in [-0.2, 0) is 42.4 Å². The molecule has 11 heteroatoms. The molecule has 2 aliphatic rings. The van der Waals surface area contributed by atoms with Crippen LogP contribution in [0.1, 0.15) is 27.9 Å². The lowest BCUT2D eigenvalue weighted by Crippen LogP contribution is -2.38. The van der Waals surface area contributed by atoms with Gasteiger partial charge in [0.15, 0.2) is 16.4 Å². The van der Waals surface area contributed by atoms with Gasteiger partial charge < -0.3 is 10.1 Å². The third-order valence-corrected chi connectivity index (χ3v) is 9.34. The Hall–Kier alpha value is -2.76. The number of sulfone groups is 1. The lowest BCUT2D eigenvalue weighted by atomic mass is 10.0. The number of fused-ring (bicyclic) bond motifs is 1. The van der Waals surface area contributed by atoms with Gasteiger partial charge in [-0.25, -0.2) is 21.6 Å². The summed E-state index contributed by atoms with van der Waals surface area (Å²) in [4.78, 5) is 24.4. The van der Waals surface area contributed by atoms with E-state index in [2.05, 4.69) is 5.32 Å². The first-order valence-corrected chi connectivity index (χ1v) is 13.7. The minimum atomic E-state index is -3.83. The van der Waals surface area contributed by atoms with Crippen LogP contribution in [-0.4, -0.2) is 63.7 Å². The Kier molecular flexibility index (Phi) is 6.55. The van der Waals surface area contributed by atoms with E-state index in [1.54, 1.807) is 0 Å². The highest BCUT2D eigenvalue weighted by Crippen LogP contribution is 2.25. The second kappa shape index (κ2) is 9.24. The predicted molar refractivity (Wildman–Crippen MR) is 120 cm³/mol. The van der Waals surface area contributed by atoms with E-state index in [1.807, 2.05) is 24.3 Å². The van der Waals surface area contributed by atoms with E-state index in [0.29, 0.717) is 19.4 Å². The Morgan fingerprint density at radius 3 is 2.58 bits per heavy atom. The number of amides is 1. The summed E-state index contributed by atoms with van der Waals surface area (Å²) >= 11 is 0. The summed E-state index contributed by atoms with van der Waals surface area (Å²) in [6.45, 7) is 0.00455. The summed E-state index contributed by atoms with van der Waals surface area (Å²) in [6, 6.07) is 12.7. The van der Waals surface area contributed by atoms with Crippen molar-refractivity contribution in [1.82, 2.24) is 9.62 Å². The average molecular weight is 493 g/mol. The van der Waals surface area contributed by atoms with Crippen LogP contribution in [0.15, 0.2) is 53.4 Å². The van der Waals surface area contributed by atoms with Crippen LogP contribution in [0.25, 0.3) is 0 Å². The van der Waals surface area contributed by atoms with E-state index in [1.165, 1.54) is 28.6 Å². The molecule has 0 saturated carbocycles. The van der Waals surface area contributed by atoms with E-state index < -0.39 is 44.4 Å². The number of sulfonamides is 1. The quantitative estimate of drug-likeness (QED) is 0.594. The van der Waals surface area contributed by atoms with Crippen molar-refractivity contribution >= 4 is 31.7 Å². The van der Waals surface area contributed by atoms with Gasteiger partial charge in [0.2, 0.25) is 10.0 Å². The average Bonchev–Trinajstić information content (AvgIpc) is 3.15. The summed E-state index contributed by atoms with van der Waals surface area (Å²) in [5.74, 6) is -1.57. The summed E-state index contributed by atoms with van der Waals surface area (Å²) in [6.07, 6.45) is 0.928. The van der Waals surface area contributed by atoms with Gasteiger partial charge in [-0.2, -0.15) is 4.31 Å². The van der Waals surface area contributed by atoms with Gasteiger partial charge in [0, 0.05) is 19.1 Å². The highest BCUT2D eigenvalue weighted by Gasteiger charge is 2.30. The molecule has 2 aromatic rings. The molecule has 2 heterocycles. The standard InChI is InChI=1S/C22H24N2O7S2/c25-21(23-19-9-11-32(27,28)15-19)14-31-22(26)17-6-3-7-20(12-17)33(29,30)24-10-8-16-4-1-2-5-18(16)13-24/h1-7,12,19H,8-11,13-15H2,(H,23,25). The second-order valence-corrected chi connectivity index (χ2v) is 12.3. The molecule has 176 valence electrons.